The van der Waals surface area contributed by atoms with E-state index in [0.717, 1.165) is 34.4 Å². The number of aromatic nitrogens is 1. The van der Waals surface area contributed by atoms with Crippen LogP contribution >= 0.6 is 0 Å². The second-order valence-corrected chi connectivity index (χ2v) is 7.75. The highest BCUT2D eigenvalue weighted by Gasteiger charge is 2.26. The van der Waals surface area contributed by atoms with Crippen molar-refractivity contribution in [1.82, 2.24) is 9.88 Å². The largest absolute Gasteiger partial charge is 0.361 e. The van der Waals surface area contributed by atoms with Gasteiger partial charge in [-0.25, -0.2) is 0 Å². The monoisotopic (exact) mass is 384 g/mol. The molecule has 3 aromatic rings. The number of rotatable bonds is 4. The zero-order chi connectivity index (χ0) is 19.6. The van der Waals surface area contributed by atoms with Crippen molar-refractivity contribution < 1.29 is 4.79 Å². The van der Waals surface area contributed by atoms with Crippen LogP contribution < -0.4 is 10.6 Å². The maximum atomic E-state index is 12.5. The molecule has 29 heavy (non-hydrogen) atoms. The maximum absolute atomic E-state index is 12.5. The Hall–Kier alpha value is -3.18. The molecule has 0 saturated carbocycles. The van der Waals surface area contributed by atoms with Crippen molar-refractivity contribution in [2.75, 3.05) is 23.7 Å². The molecule has 2 aliphatic rings. The minimum Gasteiger partial charge on any atom is -0.361 e. The van der Waals surface area contributed by atoms with E-state index < -0.39 is 0 Å². The third-order valence-electron chi connectivity index (χ3n) is 5.74. The zero-order valence-electron chi connectivity index (χ0n) is 16.3. The van der Waals surface area contributed by atoms with Crippen molar-refractivity contribution in [3.05, 3.63) is 72.1 Å². The van der Waals surface area contributed by atoms with Crippen molar-refractivity contribution in [3.8, 4) is 0 Å². The number of benzene rings is 2. The van der Waals surface area contributed by atoms with E-state index in [1.54, 1.807) is 12.4 Å². The van der Waals surface area contributed by atoms with Crippen LogP contribution in [0.3, 0.4) is 0 Å². The first-order valence-electron chi connectivity index (χ1n) is 10.3. The molecule has 2 aromatic carbocycles. The number of nitrogens with one attached hydrogen (secondary N) is 2. The van der Waals surface area contributed by atoms with Crippen LogP contribution in [0.4, 0.5) is 11.4 Å². The molecule has 0 atom stereocenters. The van der Waals surface area contributed by atoms with Gasteiger partial charge in [-0.3, -0.25) is 14.7 Å². The number of piperidine rings is 1. The molecule has 0 unspecified atom stereocenters. The van der Waals surface area contributed by atoms with Crippen LogP contribution in [0.25, 0.3) is 16.5 Å². The van der Waals surface area contributed by atoms with Crippen LogP contribution in [0.1, 0.15) is 30.4 Å². The van der Waals surface area contributed by atoms with Crippen LogP contribution in [0.5, 0.6) is 0 Å². The maximum Gasteiger partial charge on any atom is 0.257 e. The molecule has 0 radical (unpaired) electrons. The van der Waals surface area contributed by atoms with Gasteiger partial charge in [0.2, 0.25) is 0 Å². The van der Waals surface area contributed by atoms with E-state index in [1.165, 1.54) is 37.9 Å². The van der Waals surface area contributed by atoms with Crippen molar-refractivity contribution in [3.63, 3.8) is 0 Å². The molecule has 1 fully saturated rings. The van der Waals surface area contributed by atoms with Crippen LogP contribution in [-0.4, -0.2) is 28.9 Å². The van der Waals surface area contributed by atoms with Gasteiger partial charge in [0, 0.05) is 41.3 Å². The summed E-state index contributed by atoms with van der Waals surface area (Å²) < 4.78 is 0. The average molecular weight is 384 g/mol. The summed E-state index contributed by atoms with van der Waals surface area (Å²) >= 11 is 0. The van der Waals surface area contributed by atoms with Gasteiger partial charge >= 0.3 is 0 Å². The summed E-state index contributed by atoms with van der Waals surface area (Å²) in [6, 6.07) is 16.2. The van der Waals surface area contributed by atoms with Crippen LogP contribution in [0.2, 0.25) is 0 Å². The number of amides is 1. The topological polar surface area (TPSA) is 57.3 Å². The standard InChI is InChI=1S/C24H24N4O/c29-24-20(23-19-5-4-12-25-21(19)10-11-22(23)27-24)15-26-18-8-6-17(7-9-18)16-28-13-2-1-3-14-28/h4-12,15,26H,1-3,13-14,16H2,(H,27,29)/b20-15-. The van der Waals surface area contributed by atoms with Gasteiger partial charge in [0.15, 0.2) is 0 Å². The van der Waals surface area contributed by atoms with Gasteiger partial charge in [0.25, 0.3) is 5.91 Å². The highest BCUT2D eigenvalue weighted by molar-refractivity contribution is 6.34. The van der Waals surface area contributed by atoms with Crippen molar-refractivity contribution in [2.45, 2.75) is 25.8 Å². The molecule has 2 N–H and O–H groups in total. The molecule has 5 nitrogen and oxygen atoms in total. The van der Waals surface area contributed by atoms with Gasteiger partial charge in [-0.2, -0.15) is 0 Å². The summed E-state index contributed by atoms with van der Waals surface area (Å²) in [5, 5.41) is 7.23. The Bertz CT molecular complexity index is 1080. The highest BCUT2D eigenvalue weighted by atomic mass is 16.2. The van der Waals surface area contributed by atoms with Gasteiger partial charge < -0.3 is 10.6 Å². The fourth-order valence-electron chi connectivity index (χ4n) is 4.23. The molecule has 5 rings (SSSR count). The molecule has 0 bridgehead atoms. The number of nitrogens with zero attached hydrogens (tertiary/aromatic N) is 2. The van der Waals surface area contributed by atoms with Crippen molar-refractivity contribution >= 4 is 33.8 Å². The third-order valence-corrected chi connectivity index (χ3v) is 5.74. The van der Waals surface area contributed by atoms with Gasteiger partial charge in [0.05, 0.1) is 11.1 Å². The molecule has 1 amide bonds. The lowest BCUT2D eigenvalue weighted by Crippen LogP contribution is -2.29. The fourth-order valence-corrected chi connectivity index (χ4v) is 4.23. The van der Waals surface area contributed by atoms with Crippen molar-refractivity contribution in [2.24, 2.45) is 0 Å². The Morgan fingerprint density at radius 2 is 1.86 bits per heavy atom. The minimum absolute atomic E-state index is 0.0921. The second kappa shape index (κ2) is 7.68. The van der Waals surface area contributed by atoms with Crippen LogP contribution in [-0.2, 0) is 11.3 Å². The summed E-state index contributed by atoms with van der Waals surface area (Å²) in [6.07, 6.45) is 7.54. The Morgan fingerprint density at radius 3 is 2.69 bits per heavy atom. The van der Waals surface area contributed by atoms with Gasteiger partial charge in [0.1, 0.15) is 0 Å². The number of hydrogen-bond acceptors (Lipinski definition) is 4. The first-order valence-corrected chi connectivity index (χ1v) is 10.3. The fraction of sp³-hybridized carbons (Fsp3) is 0.250. The molecular weight excluding hydrogens is 360 g/mol. The lowest BCUT2D eigenvalue weighted by Gasteiger charge is -2.26. The van der Waals surface area contributed by atoms with E-state index in [-0.39, 0.29) is 5.91 Å². The number of anilines is 2. The predicted molar refractivity (Wildman–Crippen MR) is 118 cm³/mol. The van der Waals surface area contributed by atoms with E-state index in [9.17, 15) is 4.79 Å². The Kier molecular flexibility index (Phi) is 4.74. The van der Waals surface area contributed by atoms with Gasteiger partial charge in [-0.1, -0.05) is 24.6 Å². The third kappa shape index (κ3) is 3.61. The van der Waals surface area contributed by atoms with E-state index in [4.69, 9.17) is 0 Å². The number of hydrogen-bond donors (Lipinski definition) is 2. The molecular formula is C24H24N4O. The first-order chi connectivity index (χ1) is 14.3. The first kappa shape index (κ1) is 17.9. The summed E-state index contributed by atoms with van der Waals surface area (Å²) in [4.78, 5) is 19.5. The Labute approximate surface area is 170 Å². The molecule has 146 valence electrons. The lowest BCUT2D eigenvalue weighted by molar-refractivity contribution is -0.110. The smallest absolute Gasteiger partial charge is 0.257 e. The quantitative estimate of drug-likeness (QED) is 0.644. The molecule has 2 aliphatic heterocycles. The normalized spacial score (nSPS) is 18.1. The van der Waals surface area contributed by atoms with Gasteiger partial charge in [-0.15, -0.1) is 0 Å². The van der Waals surface area contributed by atoms with E-state index in [1.807, 2.05) is 24.3 Å². The molecule has 0 spiro atoms. The molecule has 5 heteroatoms. The van der Waals surface area contributed by atoms with Crippen LogP contribution in [0.15, 0.2) is 60.9 Å². The Balaban J connectivity index is 1.35. The molecule has 0 aliphatic carbocycles. The van der Waals surface area contributed by atoms with E-state index in [2.05, 4.69) is 44.8 Å². The van der Waals surface area contributed by atoms with E-state index in [0.29, 0.717) is 5.57 Å². The summed E-state index contributed by atoms with van der Waals surface area (Å²) in [6.45, 7) is 3.41. The van der Waals surface area contributed by atoms with Crippen molar-refractivity contribution in [1.29, 1.82) is 0 Å². The predicted octanol–water partition coefficient (Wildman–Crippen LogP) is 4.63. The second-order valence-electron chi connectivity index (χ2n) is 7.75. The summed E-state index contributed by atoms with van der Waals surface area (Å²) in [5.74, 6) is -0.0921. The number of carbonyl (C=O) groups is 1. The van der Waals surface area contributed by atoms with E-state index >= 15 is 0 Å². The summed E-state index contributed by atoms with van der Waals surface area (Å²) in [5.41, 5.74) is 5.56. The number of carbonyl (C=O) groups excluding carboxylic acids is 1. The zero-order valence-corrected chi connectivity index (χ0v) is 16.3. The highest BCUT2D eigenvalue weighted by Crippen LogP contribution is 2.37. The molecule has 3 heterocycles. The lowest BCUT2D eigenvalue weighted by atomic mass is 10.0. The molecule has 1 saturated heterocycles. The summed E-state index contributed by atoms with van der Waals surface area (Å²) in [7, 11) is 0. The Morgan fingerprint density at radius 1 is 1.03 bits per heavy atom. The SMILES string of the molecule is O=C1Nc2ccc3ncccc3c2/C1=C/Nc1ccc(CN2CCCCC2)cc1. The van der Waals surface area contributed by atoms with Gasteiger partial charge in [-0.05, 0) is 61.8 Å². The molecule has 1 aromatic heterocycles. The van der Waals surface area contributed by atoms with Crippen LogP contribution in [0, 0.1) is 0 Å². The number of likely N-dealkylation sites (tertiary alicyclic amines) is 1. The average Bonchev–Trinajstić information content (AvgIpc) is 3.09. The number of fused-ring (bicyclic) bond motifs is 3. The number of pyridine rings is 1. The minimum atomic E-state index is -0.0921.